The van der Waals surface area contributed by atoms with Gasteiger partial charge in [0.15, 0.2) is 0 Å². The summed E-state index contributed by atoms with van der Waals surface area (Å²) in [6.07, 6.45) is 1.14. The van der Waals surface area contributed by atoms with Gasteiger partial charge in [-0.3, -0.25) is 4.72 Å². The lowest BCUT2D eigenvalue weighted by Crippen LogP contribution is -2.09. The minimum atomic E-state index is -3.30. The minimum Gasteiger partial charge on any atom is -0.388 e. The van der Waals surface area contributed by atoms with E-state index in [-0.39, 0.29) is 0 Å². The number of fused-ring (bicyclic) bond motifs is 2. The average molecular weight is 407 g/mol. The Morgan fingerprint density at radius 2 is 1.55 bits per heavy atom. The minimum absolute atomic E-state index is 0.525. The number of nitrogens with one attached hydrogen (secondary N) is 3. The van der Waals surface area contributed by atoms with E-state index in [1.165, 1.54) is 0 Å². The summed E-state index contributed by atoms with van der Waals surface area (Å²) in [4.78, 5) is 4.89. The van der Waals surface area contributed by atoms with Crippen LogP contribution < -0.4 is 15.4 Å². The largest absolute Gasteiger partial charge is 0.388 e. The first-order valence-electron chi connectivity index (χ1n) is 9.20. The Kier molecular flexibility index (Phi) is 4.76. The van der Waals surface area contributed by atoms with E-state index < -0.39 is 10.0 Å². The summed E-state index contributed by atoms with van der Waals surface area (Å²) in [7, 11) is -1.41. The van der Waals surface area contributed by atoms with Gasteiger partial charge in [0.05, 0.1) is 23.0 Å². The molecule has 0 aliphatic rings. The van der Waals surface area contributed by atoms with Gasteiger partial charge in [-0.05, 0) is 55.0 Å². The van der Waals surface area contributed by atoms with Gasteiger partial charge < -0.3 is 10.6 Å². The molecule has 6 nitrogen and oxygen atoms in total. The molecule has 0 fully saturated rings. The normalized spacial score (nSPS) is 11.6. The standard InChI is InChI=1S/C22H22N4O2S/c1-14-5-4-6-19-21(14)25-20-13-17(23-2)11-12-18(20)22(19)24-15-7-9-16(10-8-15)26-29(3,27)28/h4-13,23,26H,1-3H3,(H,24,25). The van der Waals surface area contributed by atoms with Crippen LogP contribution in [0.25, 0.3) is 21.8 Å². The lowest BCUT2D eigenvalue weighted by molar-refractivity contribution is 0.607. The number of para-hydroxylation sites is 1. The SMILES string of the molecule is CNc1ccc2c(Nc3ccc(NS(C)(=O)=O)cc3)c3cccc(C)c3nc2c1. The second-order valence-corrected chi connectivity index (χ2v) is 8.76. The summed E-state index contributed by atoms with van der Waals surface area (Å²) in [5.41, 5.74) is 6.31. The number of sulfonamides is 1. The van der Waals surface area contributed by atoms with Crippen LogP contribution in [0.3, 0.4) is 0 Å². The molecule has 4 rings (SSSR count). The molecule has 0 unspecified atom stereocenters. The number of pyridine rings is 1. The molecule has 3 N–H and O–H groups in total. The van der Waals surface area contributed by atoms with Crippen molar-refractivity contribution in [1.82, 2.24) is 4.98 Å². The molecule has 0 aliphatic heterocycles. The van der Waals surface area contributed by atoms with Gasteiger partial charge in [0.1, 0.15) is 0 Å². The molecule has 7 heteroatoms. The number of aryl methyl sites for hydroxylation is 1. The van der Waals surface area contributed by atoms with Crippen molar-refractivity contribution in [2.75, 3.05) is 28.7 Å². The maximum absolute atomic E-state index is 11.4. The van der Waals surface area contributed by atoms with E-state index in [0.29, 0.717) is 5.69 Å². The number of aromatic nitrogens is 1. The molecule has 29 heavy (non-hydrogen) atoms. The molecule has 3 aromatic carbocycles. The maximum Gasteiger partial charge on any atom is 0.229 e. The van der Waals surface area contributed by atoms with Gasteiger partial charge in [-0.25, -0.2) is 13.4 Å². The molecule has 0 bridgehead atoms. The van der Waals surface area contributed by atoms with Gasteiger partial charge in [-0.1, -0.05) is 18.2 Å². The molecule has 0 amide bonds. The molecule has 0 saturated heterocycles. The van der Waals surface area contributed by atoms with Crippen LogP contribution in [0.15, 0.2) is 60.7 Å². The number of nitrogens with zero attached hydrogens (tertiary/aromatic N) is 1. The summed E-state index contributed by atoms with van der Waals surface area (Å²) < 4.78 is 25.3. The quantitative estimate of drug-likeness (QED) is 0.413. The van der Waals surface area contributed by atoms with Crippen LogP contribution in [0.1, 0.15) is 5.56 Å². The first-order chi connectivity index (χ1) is 13.8. The van der Waals surface area contributed by atoms with E-state index in [0.717, 1.165) is 50.7 Å². The molecule has 0 atom stereocenters. The Hall–Kier alpha value is -3.32. The monoisotopic (exact) mass is 406 g/mol. The highest BCUT2D eigenvalue weighted by molar-refractivity contribution is 7.92. The highest BCUT2D eigenvalue weighted by Crippen LogP contribution is 2.35. The first kappa shape index (κ1) is 19.0. The van der Waals surface area contributed by atoms with E-state index >= 15 is 0 Å². The number of benzene rings is 3. The molecule has 1 heterocycles. The van der Waals surface area contributed by atoms with Gasteiger partial charge in [-0.15, -0.1) is 0 Å². The fraction of sp³-hybridized carbons (Fsp3) is 0.136. The van der Waals surface area contributed by atoms with Crippen LogP contribution in [-0.4, -0.2) is 26.7 Å². The summed E-state index contributed by atoms with van der Waals surface area (Å²) in [5, 5.41) is 8.72. The molecule has 0 aliphatic carbocycles. The fourth-order valence-corrected chi connectivity index (χ4v) is 3.94. The molecule has 4 aromatic rings. The van der Waals surface area contributed by atoms with E-state index in [4.69, 9.17) is 4.98 Å². The van der Waals surface area contributed by atoms with Crippen molar-refractivity contribution >= 4 is 54.6 Å². The van der Waals surface area contributed by atoms with E-state index in [1.807, 2.05) is 37.4 Å². The van der Waals surface area contributed by atoms with E-state index in [1.54, 1.807) is 12.1 Å². The number of rotatable bonds is 5. The third-order valence-electron chi connectivity index (χ3n) is 4.75. The summed E-state index contributed by atoms with van der Waals surface area (Å²) in [6, 6.07) is 19.4. The topological polar surface area (TPSA) is 83.1 Å². The summed E-state index contributed by atoms with van der Waals surface area (Å²) in [5.74, 6) is 0. The van der Waals surface area contributed by atoms with Gasteiger partial charge in [0.25, 0.3) is 0 Å². The molecule has 1 aromatic heterocycles. The molecule has 0 saturated carbocycles. The zero-order valence-corrected chi connectivity index (χ0v) is 17.3. The summed E-state index contributed by atoms with van der Waals surface area (Å²) >= 11 is 0. The second-order valence-electron chi connectivity index (χ2n) is 7.02. The predicted octanol–water partition coefficient (Wildman–Crippen LogP) is 4.85. The van der Waals surface area contributed by atoms with Crippen LogP contribution in [-0.2, 0) is 10.0 Å². The molecule has 0 spiro atoms. The van der Waals surface area contributed by atoms with Crippen molar-refractivity contribution < 1.29 is 8.42 Å². The Bertz CT molecular complexity index is 1320. The van der Waals surface area contributed by atoms with Crippen LogP contribution in [0.2, 0.25) is 0 Å². The van der Waals surface area contributed by atoms with Crippen molar-refractivity contribution in [3.8, 4) is 0 Å². The molecule has 0 radical (unpaired) electrons. The number of hydrogen-bond acceptors (Lipinski definition) is 5. The lowest BCUT2D eigenvalue weighted by atomic mass is 10.0. The molecular weight excluding hydrogens is 384 g/mol. The van der Waals surface area contributed by atoms with Crippen LogP contribution in [0.4, 0.5) is 22.7 Å². The third-order valence-corrected chi connectivity index (χ3v) is 5.36. The smallest absolute Gasteiger partial charge is 0.229 e. The average Bonchev–Trinajstić information content (AvgIpc) is 2.68. The molecule has 148 valence electrons. The van der Waals surface area contributed by atoms with Crippen molar-refractivity contribution in [2.24, 2.45) is 0 Å². The Morgan fingerprint density at radius 3 is 2.24 bits per heavy atom. The van der Waals surface area contributed by atoms with Crippen molar-refractivity contribution in [3.05, 3.63) is 66.2 Å². The van der Waals surface area contributed by atoms with Gasteiger partial charge >= 0.3 is 0 Å². The number of hydrogen-bond donors (Lipinski definition) is 3. The van der Waals surface area contributed by atoms with E-state index in [2.05, 4.69) is 40.5 Å². The third kappa shape index (κ3) is 3.95. The Balaban J connectivity index is 1.84. The van der Waals surface area contributed by atoms with Gasteiger partial charge in [0.2, 0.25) is 10.0 Å². The van der Waals surface area contributed by atoms with Crippen LogP contribution in [0, 0.1) is 6.92 Å². The second kappa shape index (κ2) is 7.25. The van der Waals surface area contributed by atoms with Crippen LogP contribution >= 0.6 is 0 Å². The Labute approximate surface area is 170 Å². The zero-order valence-electron chi connectivity index (χ0n) is 16.4. The van der Waals surface area contributed by atoms with Crippen molar-refractivity contribution in [2.45, 2.75) is 6.92 Å². The fourth-order valence-electron chi connectivity index (χ4n) is 3.38. The van der Waals surface area contributed by atoms with Gasteiger partial charge in [0, 0.05) is 34.9 Å². The predicted molar refractivity (Wildman–Crippen MR) is 122 cm³/mol. The maximum atomic E-state index is 11.4. The van der Waals surface area contributed by atoms with Crippen molar-refractivity contribution in [1.29, 1.82) is 0 Å². The zero-order chi connectivity index (χ0) is 20.6. The highest BCUT2D eigenvalue weighted by atomic mass is 32.2. The number of anilines is 4. The lowest BCUT2D eigenvalue weighted by Gasteiger charge is -2.15. The highest BCUT2D eigenvalue weighted by Gasteiger charge is 2.12. The van der Waals surface area contributed by atoms with Crippen molar-refractivity contribution in [3.63, 3.8) is 0 Å². The van der Waals surface area contributed by atoms with Crippen LogP contribution in [0.5, 0.6) is 0 Å². The van der Waals surface area contributed by atoms with E-state index in [9.17, 15) is 8.42 Å². The summed E-state index contributed by atoms with van der Waals surface area (Å²) in [6.45, 7) is 2.05. The van der Waals surface area contributed by atoms with Gasteiger partial charge in [-0.2, -0.15) is 0 Å². The first-order valence-corrected chi connectivity index (χ1v) is 11.1. The Morgan fingerprint density at radius 1 is 0.862 bits per heavy atom. The molecular formula is C22H22N4O2S.